The Labute approximate surface area is 133 Å². The second-order valence-corrected chi connectivity index (χ2v) is 7.20. The van der Waals surface area contributed by atoms with Gasteiger partial charge in [-0.1, -0.05) is 51.1 Å². The smallest absolute Gasteiger partial charge is 0.412 e. The number of hydrogen-bond acceptors (Lipinski definition) is 3. The van der Waals surface area contributed by atoms with Crippen LogP contribution in [0.15, 0.2) is 30.3 Å². The SMILES string of the molecule is CCCN1C(=O)O[C@@](C)(CC(C)(C)c2ccccc2)[C@]1(C)O. The van der Waals surface area contributed by atoms with Gasteiger partial charge in [0.2, 0.25) is 0 Å². The van der Waals surface area contributed by atoms with Crippen LogP contribution in [0.5, 0.6) is 0 Å². The third kappa shape index (κ3) is 2.72. The van der Waals surface area contributed by atoms with E-state index >= 15 is 0 Å². The Morgan fingerprint density at radius 1 is 1.23 bits per heavy atom. The summed E-state index contributed by atoms with van der Waals surface area (Å²) in [4.78, 5) is 13.6. The summed E-state index contributed by atoms with van der Waals surface area (Å²) >= 11 is 0. The highest BCUT2D eigenvalue weighted by Gasteiger charge is 2.60. The van der Waals surface area contributed by atoms with Crippen LogP contribution >= 0.6 is 0 Å². The third-order valence-corrected chi connectivity index (χ3v) is 4.84. The van der Waals surface area contributed by atoms with E-state index in [1.807, 2.05) is 32.0 Å². The molecule has 2 atom stereocenters. The van der Waals surface area contributed by atoms with Gasteiger partial charge in [-0.3, -0.25) is 4.90 Å². The minimum Gasteiger partial charge on any atom is -0.438 e. The number of cyclic esters (lactones) is 1. The van der Waals surface area contributed by atoms with Gasteiger partial charge in [-0.15, -0.1) is 0 Å². The van der Waals surface area contributed by atoms with Gasteiger partial charge >= 0.3 is 6.09 Å². The van der Waals surface area contributed by atoms with Crippen molar-refractivity contribution in [2.75, 3.05) is 6.54 Å². The Kier molecular flexibility index (Phi) is 4.26. The van der Waals surface area contributed by atoms with Crippen LogP contribution in [-0.2, 0) is 10.2 Å². The Bertz CT molecular complexity index is 539. The number of aliphatic hydroxyl groups is 1. The fourth-order valence-corrected chi connectivity index (χ4v) is 3.38. The number of nitrogens with zero attached hydrogens (tertiary/aromatic N) is 1. The molecule has 122 valence electrons. The molecule has 1 N–H and O–H groups in total. The predicted molar refractivity (Wildman–Crippen MR) is 86.6 cm³/mol. The van der Waals surface area contributed by atoms with Gasteiger partial charge in [0.15, 0.2) is 11.3 Å². The van der Waals surface area contributed by atoms with E-state index in [1.54, 1.807) is 6.92 Å². The molecule has 0 unspecified atom stereocenters. The Morgan fingerprint density at radius 2 is 1.82 bits per heavy atom. The van der Waals surface area contributed by atoms with Crippen LogP contribution < -0.4 is 0 Å². The lowest BCUT2D eigenvalue weighted by Gasteiger charge is -2.41. The first-order valence-corrected chi connectivity index (χ1v) is 7.92. The summed E-state index contributed by atoms with van der Waals surface area (Å²) in [6.07, 6.45) is 0.894. The molecule has 1 saturated heterocycles. The first-order valence-electron chi connectivity index (χ1n) is 7.92. The highest BCUT2D eigenvalue weighted by Crippen LogP contribution is 2.45. The van der Waals surface area contributed by atoms with E-state index in [9.17, 15) is 9.90 Å². The van der Waals surface area contributed by atoms with Gasteiger partial charge in [-0.25, -0.2) is 4.79 Å². The second kappa shape index (κ2) is 5.58. The first kappa shape index (κ1) is 16.8. The minimum atomic E-state index is -1.31. The highest BCUT2D eigenvalue weighted by molar-refractivity contribution is 5.72. The molecule has 1 amide bonds. The molecule has 0 bridgehead atoms. The van der Waals surface area contributed by atoms with Crippen molar-refractivity contribution in [2.24, 2.45) is 0 Å². The molecule has 0 saturated carbocycles. The predicted octanol–water partition coefficient (Wildman–Crippen LogP) is 3.68. The van der Waals surface area contributed by atoms with Crippen molar-refractivity contribution < 1.29 is 14.6 Å². The molecular formula is C18H27NO3. The van der Waals surface area contributed by atoms with Crippen molar-refractivity contribution in [1.82, 2.24) is 4.90 Å². The van der Waals surface area contributed by atoms with Gasteiger partial charge in [0.1, 0.15) is 0 Å². The number of hydrogen-bond donors (Lipinski definition) is 1. The first-order chi connectivity index (χ1) is 10.1. The Balaban J connectivity index is 2.30. The van der Waals surface area contributed by atoms with Crippen molar-refractivity contribution in [3.05, 3.63) is 35.9 Å². The van der Waals surface area contributed by atoms with Crippen molar-refractivity contribution in [2.45, 2.75) is 64.2 Å². The molecule has 1 fully saturated rings. The fourth-order valence-electron chi connectivity index (χ4n) is 3.38. The average Bonchev–Trinajstić information content (AvgIpc) is 2.59. The topological polar surface area (TPSA) is 49.8 Å². The van der Waals surface area contributed by atoms with Crippen LogP contribution in [0.3, 0.4) is 0 Å². The van der Waals surface area contributed by atoms with Crippen LogP contribution in [0, 0.1) is 0 Å². The van der Waals surface area contributed by atoms with Crippen molar-refractivity contribution >= 4 is 6.09 Å². The maximum Gasteiger partial charge on any atom is 0.412 e. The molecule has 0 spiro atoms. The zero-order chi connectivity index (χ0) is 16.6. The van der Waals surface area contributed by atoms with Crippen molar-refractivity contribution in [3.8, 4) is 0 Å². The lowest BCUT2D eigenvalue weighted by Crippen LogP contribution is -2.56. The van der Waals surface area contributed by atoms with Crippen LogP contribution in [0.1, 0.15) is 53.0 Å². The van der Waals surface area contributed by atoms with Gasteiger partial charge in [0.25, 0.3) is 0 Å². The molecule has 0 aromatic heterocycles. The highest BCUT2D eigenvalue weighted by atomic mass is 16.6. The number of rotatable bonds is 5. The van der Waals surface area contributed by atoms with E-state index in [2.05, 4.69) is 26.0 Å². The van der Waals surface area contributed by atoms with E-state index < -0.39 is 17.4 Å². The quantitative estimate of drug-likeness (QED) is 0.902. The van der Waals surface area contributed by atoms with E-state index in [0.29, 0.717) is 13.0 Å². The summed E-state index contributed by atoms with van der Waals surface area (Å²) in [5, 5.41) is 11.0. The summed E-state index contributed by atoms with van der Waals surface area (Å²) in [7, 11) is 0. The minimum absolute atomic E-state index is 0.220. The zero-order valence-corrected chi connectivity index (χ0v) is 14.2. The van der Waals surface area contributed by atoms with Crippen LogP contribution in [0.2, 0.25) is 0 Å². The lowest BCUT2D eigenvalue weighted by molar-refractivity contribution is -0.145. The van der Waals surface area contributed by atoms with Gasteiger partial charge in [-0.05, 0) is 31.2 Å². The fraction of sp³-hybridized carbons (Fsp3) is 0.611. The van der Waals surface area contributed by atoms with Gasteiger partial charge in [0, 0.05) is 13.0 Å². The second-order valence-electron chi connectivity index (χ2n) is 7.20. The number of carbonyl (C=O) groups is 1. The van der Waals surface area contributed by atoms with Crippen molar-refractivity contribution in [3.63, 3.8) is 0 Å². The largest absolute Gasteiger partial charge is 0.438 e. The van der Waals surface area contributed by atoms with Gasteiger partial charge in [-0.2, -0.15) is 0 Å². The molecule has 0 aliphatic carbocycles. The van der Waals surface area contributed by atoms with Gasteiger partial charge < -0.3 is 9.84 Å². The molecule has 2 rings (SSSR count). The average molecular weight is 305 g/mol. The molecule has 1 aliphatic rings. The van der Waals surface area contributed by atoms with Crippen LogP contribution in [0.25, 0.3) is 0 Å². The molecule has 0 radical (unpaired) electrons. The molecule has 4 heteroatoms. The summed E-state index contributed by atoms with van der Waals surface area (Å²) in [6.45, 7) is 10.2. The Morgan fingerprint density at radius 3 is 2.36 bits per heavy atom. The normalized spacial score (nSPS) is 28.8. The monoisotopic (exact) mass is 305 g/mol. The molecule has 4 nitrogen and oxygen atoms in total. The molecule has 22 heavy (non-hydrogen) atoms. The summed E-state index contributed by atoms with van der Waals surface area (Å²) in [6, 6.07) is 10.1. The third-order valence-electron chi connectivity index (χ3n) is 4.84. The summed E-state index contributed by atoms with van der Waals surface area (Å²) in [5.41, 5.74) is -1.32. The van der Waals surface area contributed by atoms with E-state index in [0.717, 1.165) is 12.0 Å². The molecule has 1 aromatic carbocycles. The standard InChI is InChI=1S/C18H27NO3/c1-6-12-19-15(20)22-17(4,18(19,5)21)13-16(2,3)14-10-8-7-9-11-14/h7-11,21H,6,12-13H2,1-5H3/t17-,18-/m0/s1. The Hall–Kier alpha value is -1.55. The molecular weight excluding hydrogens is 278 g/mol. The molecule has 1 heterocycles. The van der Waals surface area contributed by atoms with E-state index in [1.165, 1.54) is 4.90 Å². The lowest BCUT2D eigenvalue weighted by atomic mass is 9.72. The van der Waals surface area contributed by atoms with Crippen LogP contribution in [-0.4, -0.2) is 34.0 Å². The van der Waals surface area contributed by atoms with E-state index in [-0.39, 0.29) is 5.41 Å². The summed E-state index contributed by atoms with van der Waals surface area (Å²) < 4.78 is 5.62. The molecule has 1 aliphatic heterocycles. The number of amides is 1. The van der Waals surface area contributed by atoms with Crippen LogP contribution in [0.4, 0.5) is 4.79 Å². The van der Waals surface area contributed by atoms with Gasteiger partial charge in [0.05, 0.1) is 0 Å². The zero-order valence-electron chi connectivity index (χ0n) is 14.2. The molecule has 1 aromatic rings. The maximum atomic E-state index is 12.2. The van der Waals surface area contributed by atoms with E-state index in [4.69, 9.17) is 4.74 Å². The van der Waals surface area contributed by atoms with Crippen molar-refractivity contribution in [1.29, 1.82) is 0 Å². The number of carbonyl (C=O) groups excluding carboxylic acids is 1. The maximum absolute atomic E-state index is 12.2. The summed E-state index contributed by atoms with van der Waals surface area (Å²) in [5.74, 6) is 0. The number of benzene rings is 1. The number of ether oxygens (including phenoxy) is 1.